The molecular weight excluding hydrogens is 223 g/mol. The third-order valence-electron chi connectivity index (χ3n) is 2.75. The molecule has 0 aliphatic heterocycles. The summed E-state index contributed by atoms with van der Waals surface area (Å²) in [4.78, 5) is 9.89. The average Bonchev–Trinajstić information content (AvgIpc) is 2.24. The maximum absolute atomic E-state index is 12.0. The molecule has 0 heterocycles. The molecular formula is C12H27O3P. The van der Waals surface area contributed by atoms with Gasteiger partial charge in [-0.05, 0) is 19.3 Å². The van der Waals surface area contributed by atoms with Gasteiger partial charge in [0.05, 0.1) is 12.3 Å². The molecule has 98 valence electrons. The first-order valence-electron chi connectivity index (χ1n) is 6.55. The first-order chi connectivity index (χ1) is 7.58. The molecule has 0 saturated heterocycles. The van der Waals surface area contributed by atoms with Crippen molar-refractivity contribution in [2.45, 2.75) is 71.4 Å². The van der Waals surface area contributed by atoms with E-state index in [0.717, 1.165) is 44.9 Å². The number of rotatable bonds is 10. The van der Waals surface area contributed by atoms with Crippen molar-refractivity contribution in [1.82, 2.24) is 0 Å². The Kier molecular flexibility index (Phi) is 9.29. The first kappa shape index (κ1) is 16.1. The minimum Gasteiger partial charge on any atom is -0.324 e. The second kappa shape index (κ2) is 9.21. The molecule has 4 heteroatoms. The molecule has 0 aliphatic carbocycles. The molecule has 2 unspecified atom stereocenters. The van der Waals surface area contributed by atoms with Crippen LogP contribution in [-0.4, -0.2) is 17.2 Å². The Balaban J connectivity index is 4.19. The molecule has 0 saturated carbocycles. The van der Waals surface area contributed by atoms with E-state index < -0.39 is 7.60 Å². The van der Waals surface area contributed by atoms with E-state index in [1.165, 1.54) is 0 Å². The van der Waals surface area contributed by atoms with Gasteiger partial charge in [0.1, 0.15) is 0 Å². The van der Waals surface area contributed by atoms with Crippen molar-refractivity contribution in [2.24, 2.45) is 0 Å². The zero-order chi connectivity index (χ0) is 12.4. The molecule has 0 bridgehead atoms. The Morgan fingerprint density at radius 1 is 1.06 bits per heavy atom. The van der Waals surface area contributed by atoms with Gasteiger partial charge in [0.15, 0.2) is 0 Å². The molecule has 0 amide bonds. The summed E-state index contributed by atoms with van der Waals surface area (Å²) in [7, 11) is -3.38. The van der Waals surface area contributed by atoms with Crippen LogP contribution >= 0.6 is 7.60 Å². The van der Waals surface area contributed by atoms with Gasteiger partial charge < -0.3 is 9.42 Å². The van der Waals surface area contributed by atoms with Crippen molar-refractivity contribution in [3.05, 3.63) is 0 Å². The predicted molar refractivity (Wildman–Crippen MR) is 68.9 cm³/mol. The lowest BCUT2D eigenvalue weighted by Gasteiger charge is -2.22. The van der Waals surface area contributed by atoms with E-state index in [-0.39, 0.29) is 5.66 Å². The molecule has 0 aromatic heterocycles. The molecule has 0 spiro atoms. The third-order valence-corrected chi connectivity index (χ3v) is 4.74. The van der Waals surface area contributed by atoms with Gasteiger partial charge in [-0.2, -0.15) is 0 Å². The van der Waals surface area contributed by atoms with Crippen LogP contribution in [0.4, 0.5) is 0 Å². The minimum atomic E-state index is -3.38. The molecule has 3 nitrogen and oxygen atoms in total. The van der Waals surface area contributed by atoms with Crippen LogP contribution < -0.4 is 0 Å². The van der Waals surface area contributed by atoms with Gasteiger partial charge in [-0.25, -0.2) is 0 Å². The van der Waals surface area contributed by atoms with Gasteiger partial charge in [0.2, 0.25) is 0 Å². The summed E-state index contributed by atoms with van der Waals surface area (Å²) in [6.45, 7) is 6.61. The summed E-state index contributed by atoms with van der Waals surface area (Å²) in [5.41, 5.74) is -0.158. The Morgan fingerprint density at radius 3 is 2.19 bits per heavy atom. The van der Waals surface area contributed by atoms with Gasteiger partial charge in [-0.1, -0.05) is 46.5 Å². The highest BCUT2D eigenvalue weighted by Gasteiger charge is 2.30. The van der Waals surface area contributed by atoms with E-state index >= 15 is 0 Å². The van der Waals surface area contributed by atoms with Crippen LogP contribution in [0.25, 0.3) is 0 Å². The van der Waals surface area contributed by atoms with Crippen LogP contribution in [0.1, 0.15) is 65.7 Å². The third kappa shape index (κ3) is 6.67. The van der Waals surface area contributed by atoms with E-state index in [9.17, 15) is 9.46 Å². The largest absolute Gasteiger partial charge is 0.331 e. The van der Waals surface area contributed by atoms with Crippen molar-refractivity contribution >= 4 is 7.60 Å². The van der Waals surface area contributed by atoms with E-state index in [0.29, 0.717) is 6.61 Å². The second-order valence-corrected chi connectivity index (χ2v) is 6.45. The standard InChI is InChI=1S/C12H27O3P/c1-4-7-10-12(9-6-3)16(13,14)15-11-8-5-2/h12H,4-11H2,1-3H3,(H,13,14). The average molecular weight is 250 g/mol. The molecule has 0 aliphatic rings. The zero-order valence-electron chi connectivity index (χ0n) is 10.9. The van der Waals surface area contributed by atoms with Crippen LogP contribution in [0.2, 0.25) is 0 Å². The highest BCUT2D eigenvalue weighted by molar-refractivity contribution is 7.53. The normalized spacial score (nSPS) is 17.0. The summed E-state index contributed by atoms with van der Waals surface area (Å²) < 4.78 is 17.2. The monoisotopic (exact) mass is 250 g/mol. The second-order valence-electron chi connectivity index (χ2n) is 4.34. The Labute approximate surface area is 100 Å². The fourth-order valence-electron chi connectivity index (χ4n) is 1.69. The SMILES string of the molecule is CCCCOP(=O)(O)C(CCC)CCCC. The Hall–Kier alpha value is 0.150. The van der Waals surface area contributed by atoms with E-state index in [1.807, 2.05) is 13.8 Å². The van der Waals surface area contributed by atoms with E-state index in [1.54, 1.807) is 0 Å². The summed E-state index contributed by atoms with van der Waals surface area (Å²) in [6, 6.07) is 0. The topological polar surface area (TPSA) is 46.5 Å². The highest BCUT2D eigenvalue weighted by atomic mass is 31.2. The molecule has 0 aromatic carbocycles. The maximum Gasteiger partial charge on any atom is 0.331 e. The van der Waals surface area contributed by atoms with Crippen LogP contribution in [0.15, 0.2) is 0 Å². The van der Waals surface area contributed by atoms with E-state index in [4.69, 9.17) is 4.52 Å². The fourth-order valence-corrected chi connectivity index (χ4v) is 3.38. The molecule has 2 atom stereocenters. The fraction of sp³-hybridized carbons (Fsp3) is 1.00. The molecule has 0 rings (SSSR count). The Bertz CT molecular complexity index is 206. The van der Waals surface area contributed by atoms with Crippen molar-refractivity contribution in [1.29, 1.82) is 0 Å². The summed E-state index contributed by atoms with van der Waals surface area (Å²) in [5.74, 6) is 0. The van der Waals surface area contributed by atoms with Gasteiger partial charge in [0, 0.05) is 0 Å². The lowest BCUT2D eigenvalue weighted by molar-refractivity contribution is 0.243. The number of hydrogen-bond acceptors (Lipinski definition) is 2. The van der Waals surface area contributed by atoms with Crippen LogP contribution in [0.3, 0.4) is 0 Å². The molecule has 1 N–H and O–H groups in total. The summed E-state index contributed by atoms with van der Waals surface area (Å²) in [6.07, 6.45) is 6.46. The number of unbranched alkanes of at least 4 members (excludes halogenated alkanes) is 2. The molecule has 0 radical (unpaired) electrons. The Morgan fingerprint density at radius 2 is 1.69 bits per heavy atom. The van der Waals surface area contributed by atoms with E-state index in [2.05, 4.69) is 6.92 Å². The van der Waals surface area contributed by atoms with Gasteiger partial charge in [0.25, 0.3) is 0 Å². The first-order valence-corrected chi connectivity index (χ1v) is 8.20. The molecule has 0 fully saturated rings. The smallest absolute Gasteiger partial charge is 0.324 e. The van der Waals surface area contributed by atoms with Gasteiger partial charge >= 0.3 is 7.60 Å². The van der Waals surface area contributed by atoms with Gasteiger partial charge in [-0.15, -0.1) is 0 Å². The maximum atomic E-state index is 12.0. The van der Waals surface area contributed by atoms with Crippen molar-refractivity contribution < 1.29 is 14.0 Å². The zero-order valence-corrected chi connectivity index (χ0v) is 11.8. The van der Waals surface area contributed by atoms with Crippen LogP contribution in [0.5, 0.6) is 0 Å². The summed E-state index contributed by atoms with van der Waals surface area (Å²) >= 11 is 0. The van der Waals surface area contributed by atoms with Gasteiger partial charge in [-0.3, -0.25) is 4.57 Å². The highest BCUT2D eigenvalue weighted by Crippen LogP contribution is 2.51. The lowest BCUT2D eigenvalue weighted by atomic mass is 10.1. The predicted octanol–water partition coefficient (Wildman–Crippen LogP) is 4.35. The number of hydrogen-bond donors (Lipinski definition) is 1. The quantitative estimate of drug-likeness (QED) is 0.463. The van der Waals surface area contributed by atoms with Crippen LogP contribution in [0, 0.1) is 0 Å². The molecule has 16 heavy (non-hydrogen) atoms. The molecule has 0 aromatic rings. The summed E-state index contributed by atoms with van der Waals surface area (Å²) in [5, 5.41) is 0. The van der Waals surface area contributed by atoms with Crippen molar-refractivity contribution in [3.63, 3.8) is 0 Å². The van der Waals surface area contributed by atoms with Crippen LogP contribution in [-0.2, 0) is 9.09 Å². The minimum absolute atomic E-state index is 0.158. The lowest BCUT2D eigenvalue weighted by Crippen LogP contribution is -2.11. The van der Waals surface area contributed by atoms with Crippen molar-refractivity contribution in [2.75, 3.05) is 6.61 Å². The van der Waals surface area contributed by atoms with Crippen molar-refractivity contribution in [3.8, 4) is 0 Å².